The smallest absolute Gasteiger partial charge is 0.255 e. The van der Waals surface area contributed by atoms with E-state index in [4.69, 9.17) is 14.3 Å². The molecular formula is C24H35NO4Si. The number of amides is 1. The van der Waals surface area contributed by atoms with Crippen LogP contribution in [0.4, 0.5) is 5.69 Å². The molecule has 2 N–H and O–H groups in total. The van der Waals surface area contributed by atoms with Crippen molar-refractivity contribution in [2.75, 3.05) is 18.5 Å². The molecule has 6 heteroatoms. The van der Waals surface area contributed by atoms with Gasteiger partial charge in [0, 0.05) is 23.9 Å². The summed E-state index contributed by atoms with van der Waals surface area (Å²) in [5.74, 6) is 1.35. The summed E-state index contributed by atoms with van der Waals surface area (Å²) in [4.78, 5) is 12.6. The summed E-state index contributed by atoms with van der Waals surface area (Å²) in [6.45, 7) is 11.8. The molecule has 0 spiro atoms. The van der Waals surface area contributed by atoms with Crippen molar-refractivity contribution in [3.8, 4) is 11.5 Å². The zero-order valence-corrected chi connectivity index (χ0v) is 19.8. The number of rotatable bonds is 10. The summed E-state index contributed by atoms with van der Waals surface area (Å²) in [5, 5.41) is 11.8. The van der Waals surface area contributed by atoms with Gasteiger partial charge in [-0.2, -0.15) is 0 Å². The van der Waals surface area contributed by atoms with E-state index in [1.807, 2.05) is 24.3 Å². The molecule has 0 unspecified atom stereocenters. The van der Waals surface area contributed by atoms with Crippen molar-refractivity contribution in [3.63, 3.8) is 0 Å². The van der Waals surface area contributed by atoms with Gasteiger partial charge in [0.2, 0.25) is 8.32 Å². The quantitative estimate of drug-likeness (QED) is 0.366. The van der Waals surface area contributed by atoms with Crippen molar-refractivity contribution in [2.24, 2.45) is 0 Å². The number of aliphatic hydroxyl groups is 1. The third-order valence-corrected chi connectivity index (χ3v) is 9.82. The molecular weight excluding hydrogens is 394 g/mol. The number of hydrogen-bond acceptors (Lipinski definition) is 4. The molecule has 0 saturated carbocycles. The lowest BCUT2D eigenvalue weighted by Gasteiger charge is -2.36. The van der Waals surface area contributed by atoms with Gasteiger partial charge in [0.15, 0.2) is 0 Å². The summed E-state index contributed by atoms with van der Waals surface area (Å²) >= 11 is 0. The summed E-state index contributed by atoms with van der Waals surface area (Å²) in [6.07, 6.45) is 2.63. The molecule has 0 saturated heterocycles. The second-order valence-corrected chi connectivity index (χ2v) is 13.7. The molecule has 2 aromatic rings. The molecule has 0 atom stereocenters. The Hall–Kier alpha value is -2.31. The van der Waals surface area contributed by atoms with E-state index in [0.29, 0.717) is 17.9 Å². The number of anilines is 1. The lowest BCUT2D eigenvalue weighted by atomic mass is 10.2. The van der Waals surface area contributed by atoms with E-state index in [1.165, 1.54) is 0 Å². The summed E-state index contributed by atoms with van der Waals surface area (Å²) < 4.78 is 12.0. The van der Waals surface area contributed by atoms with Crippen molar-refractivity contribution in [1.29, 1.82) is 0 Å². The van der Waals surface area contributed by atoms with Crippen molar-refractivity contribution in [2.45, 2.75) is 58.2 Å². The van der Waals surface area contributed by atoms with Gasteiger partial charge < -0.3 is 19.6 Å². The van der Waals surface area contributed by atoms with Crippen LogP contribution < -0.4 is 14.5 Å². The van der Waals surface area contributed by atoms with Crippen LogP contribution in [0.1, 0.15) is 50.4 Å². The average molecular weight is 430 g/mol. The van der Waals surface area contributed by atoms with Gasteiger partial charge in [-0.15, -0.1) is 0 Å². The SMILES string of the molecule is CC(C)(C)[Si](C)(C)Oc1cccc(NC(=O)c2ccc(OCCCCCO)cc2)c1. The fourth-order valence-electron chi connectivity index (χ4n) is 2.57. The Morgan fingerprint density at radius 2 is 1.70 bits per heavy atom. The summed E-state index contributed by atoms with van der Waals surface area (Å²) in [5.41, 5.74) is 1.28. The van der Waals surface area contributed by atoms with E-state index >= 15 is 0 Å². The van der Waals surface area contributed by atoms with Crippen molar-refractivity contribution in [1.82, 2.24) is 0 Å². The van der Waals surface area contributed by atoms with Crippen LogP contribution in [0.15, 0.2) is 48.5 Å². The van der Waals surface area contributed by atoms with Gasteiger partial charge in [0.25, 0.3) is 5.91 Å². The summed E-state index contributed by atoms with van der Waals surface area (Å²) in [7, 11) is -1.94. The number of unbranched alkanes of at least 4 members (excludes halogenated alkanes) is 2. The molecule has 2 rings (SSSR count). The maximum absolute atomic E-state index is 12.6. The molecule has 0 heterocycles. The van der Waals surface area contributed by atoms with Crippen LogP contribution in [0, 0.1) is 0 Å². The lowest BCUT2D eigenvalue weighted by molar-refractivity contribution is 0.102. The number of benzene rings is 2. The minimum Gasteiger partial charge on any atom is -0.543 e. The molecule has 5 nitrogen and oxygen atoms in total. The summed E-state index contributed by atoms with van der Waals surface area (Å²) in [6, 6.07) is 14.7. The predicted octanol–water partition coefficient (Wildman–Crippen LogP) is 5.86. The van der Waals surface area contributed by atoms with Crippen LogP contribution in [0.5, 0.6) is 11.5 Å². The molecule has 30 heavy (non-hydrogen) atoms. The largest absolute Gasteiger partial charge is 0.543 e. The molecule has 0 aromatic heterocycles. The number of aliphatic hydroxyl groups excluding tert-OH is 1. The zero-order valence-electron chi connectivity index (χ0n) is 18.8. The average Bonchev–Trinajstić information content (AvgIpc) is 2.67. The fraction of sp³-hybridized carbons (Fsp3) is 0.458. The highest BCUT2D eigenvalue weighted by Gasteiger charge is 2.38. The van der Waals surface area contributed by atoms with Gasteiger partial charge in [-0.05, 0) is 73.8 Å². The van der Waals surface area contributed by atoms with E-state index in [2.05, 4.69) is 39.2 Å². The Morgan fingerprint density at radius 1 is 1.00 bits per heavy atom. The fourth-order valence-corrected chi connectivity index (χ4v) is 3.59. The van der Waals surface area contributed by atoms with Gasteiger partial charge in [0.05, 0.1) is 6.61 Å². The Balaban J connectivity index is 1.94. The Bertz CT molecular complexity index is 813. The first-order valence-electron chi connectivity index (χ1n) is 10.6. The predicted molar refractivity (Wildman–Crippen MR) is 125 cm³/mol. The van der Waals surface area contributed by atoms with Crippen LogP contribution in [-0.2, 0) is 0 Å². The maximum Gasteiger partial charge on any atom is 0.255 e. The highest BCUT2D eigenvalue weighted by atomic mass is 28.4. The highest BCUT2D eigenvalue weighted by Crippen LogP contribution is 2.37. The Kier molecular flexibility index (Phi) is 8.50. The molecule has 0 radical (unpaired) electrons. The van der Waals surface area contributed by atoms with E-state index < -0.39 is 8.32 Å². The molecule has 2 aromatic carbocycles. The van der Waals surface area contributed by atoms with Crippen LogP contribution in [0.25, 0.3) is 0 Å². The third kappa shape index (κ3) is 7.18. The number of nitrogens with one attached hydrogen (secondary N) is 1. The monoisotopic (exact) mass is 429 g/mol. The molecule has 164 valence electrons. The minimum absolute atomic E-state index is 0.106. The van der Waals surface area contributed by atoms with Gasteiger partial charge >= 0.3 is 0 Å². The third-order valence-electron chi connectivity index (χ3n) is 5.46. The van der Waals surface area contributed by atoms with Crippen LogP contribution in [0.3, 0.4) is 0 Å². The number of carbonyl (C=O) groups is 1. The van der Waals surface area contributed by atoms with E-state index in [1.54, 1.807) is 24.3 Å². The maximum atomic E-state index is 12.6. The Labute approximate surface area is 181 Å². The van der Waals surface area contributed by atoms with Gasteiger partial charge in [-0.3, -0.25) is 4.79 Å². The first kappa shape index (κ1) is 24.0. The number of ether oxygens (including phenoxy) is 1. The normalized spacial score (nSPS) is 11.8. The van der Waals surface area contributed by atoms with Gasteiger partial charge in [0.1, 0.15) is 11.5 Å². The van der Waals surface area contributed by atoms with Crippen LogP contribution in [-0.4, -0.2) is 32.5 Å². The minimum atomic E-state index is -1.94. The molecule has 0 aliphatic carbocycles. The number of carbonyl (C=O) groups excluding carboxylic acids is 1. The lowest BCUT2D eigenvalue weighted by Crippen LogP contribution is -2.43. The van der Waals surface area contributed by atoms with E-state index in [0.717, 1.165) is 30.8 Å². The van der Waals surface area contributed by atoms with Crippen molar-refractivity contribution >= 4 is 19.9 Å². The zero-order chi connectivity index (χ0) is 22.2. The van der Waals surface area contributed by atoms with E-state index in [9.17, 15) is 4.79 Å². The van der Waals surface area contributed by atoms with Crippen molar-refractivity contribution in [3.05, 3.63) is 54.1 Å². The highest BCUT2D eigenvalue weighted by molar-refractivity contribution is 6.74. The molecule has 0 bridgehead atoms. The molecule has 0 aliphatic heterocycles. The standard InChI is InChI=1S/C24H35NO4Si/c1-24(2,3)30(4,5)29-22-11-9-10-20(18-22)25-23(27)19-12-14-21(15-13-19)28-17-8-6-7-16-26/h9-15,18,26H,6-8,16-17H2,1-5H3,(H,25,27). The van der Waals surface area contributed by atoms with Crippen LogP contribution >= 0.6 is 0 Å². The van der Waals surface area contributed by atoms with Gasteiger partial charge in [-0.25, -0.2) is 0 Å². The number of hydrogen-bond donors (Lipinski definition) is 2. The van der Waals surface area contributed by atoms with Gasteiger partial charge in [-0.1, -0.05) is 26.8 Å². The van der Waals surface area contributed by atoms with Crippen LogP contribution in [0.2, 0.25) is 18.1 Å². The first-order chi connectivity index (χ1) is 14.1. The second-order valence-electron chi connectivity index (χ2n) is 9.00. The van der Waals surface area contributed by atoms with Crippen molar-refractivity contribution < 1.29 is 19.1 Å². The van der Waals surface area contributed by atoms with E-state index in [-0.39, 0.29) is 17.6 Å². The Morgan fingerprint density at radius 3 is 2.33 bits per heavy atom. The molecule has 1 amide bonds. The topological polar surface area (TPSA) is 67.8 Å². The molecule has 0 fully saturated rings. The second kappa shape index (κ2) is 10.6. The molecule has 0 aliphatic rings. The first-order valence-corrected chi connectivity index (χ1v) is 13.5.